The van der Waals surface area contributed by atoms with Crippen molar-refractivity contribution in [1.29, 1.82) is 0 Å². The van der Waals surface area contributed by atoms with E-state index in [2.05, 4.69) is 59.5 Å². The first-order valence-corrected chi connectivity index (χ1v) is 8.97. The fraction of sp³-hybridized carbons (Fsp3) is 0.429. The van der Waals surface area contributed by atoms with Crippen LogP contribution in [0.1, 0.15) is 36.8 Å². The molecule has 0 saturated carbocycles. The van der Waals surface area contributed by atoms with E-state index >= 15 is 0 Å². The number of hydrogen-bond acceptors (Lipinski definition) is 3. The molecular formula is C21H28N2O. The molecule has 3 rings (SSSR count). The zero-order chi connectivity index (χ0) is 16.8. The first-order chi connectivity index (χ1) is 11.7. The number of nitrogens with two attached hydrogens (primary N) is 1. The van der Waals surface area contributed by atoms with Gasteiger partial charge in [-0.25, -0.2) is 0 Å². The van der Waals surface area contributed by atoms with Gasteiger partial charge in [0.05, 0.1) is 0 Å². The summed E-state index contributed by atoms with van der Waals surface area (Å²) in [5.74, 6) is 1.62. The van der Waals surface area contributed by atoms with Crippen molar-refractivity contribution >= 4 is 0 Å². The van der Waals surface area contributed by atoms with E-state index in [9.17, 15) is 0 Å². The summed E-state index contributed by atoms with van der Waals surface area (Å²) in [6, 6.07) is 19.4. The molecule has 0 bridgehead atoms. The van der Waals surface area contributed by atoms with E-state index in [1.807, 2.05) is 6.92 Å². The van der Waals surface area contributed by atoms with Crippen molar-refractivity contribution in [3.8, 4) is 5.75 Å². The van der Waals surface area contributed by atoms with Crippen LogP contribution in [0, 0.1) is 0 Å². The third-order valence-electron chi connectivity index (χ3n) is 4.86. The molecule has 0 unspecified atom stereocenters. The average molecular weight is 324 g/mol. The Morgan fingerprint density at radius 1 is 1.04 bits per heavy atom. The fourth-order valence-corrected chi connectivity index (χ4v) is 3.36. The molecule has 1 fully saturated rings. The monoisotopic (exact) mass is 324 g/mol. The molecule has 0 aliphatic carbocycles. The molecule has 2 aromatic rings. The molecule has 1 aliphatic rings. The van der Waals surface area contributed by atoms with Gasteiger partial charge in [-0.2, -0.15) is 0 Å². The van der Waals surface area contributed by atoms with Crippen LogP contribution < -0.4 is 10.5 Å². The van der Waals surface area contributed by atoms with Crippen LogP contribution in [0.5, 0.6) is 5.75 Å². The number of nitrogens with zero attached hydrogens (tertiary/aromatic N) is 1. The molecule has 0 spiro atoms. The van der Waals surface area contributed by atoms with Crippen molar-refractivity contribution in [2.75, 3.05) is 19.6 Å². The van der Waals surface area contributed by atoms with E-state index in [0.717, 1.165) is 18.2 Å². The molecule has 128 valence electrons. The van der Waals surface area contributed by atoms with Gasteiger partial charge in [0.2, 0.25) is 0 Å². The molecule has 0 amide bonds. The van der Waals surface area contributed by atoms with E-state index in [1.165, 1.54) is 37.1 Å². The standard InChI is InChI=1S/C21H28N2O/c1-17(15-22)24-21-9-7-18(8-10-21)16-23-13-11-20(12-14-23)19-5-3-2-4-6-19/h2-10,17,20H,11-16,22H2,1H3/t17-/m1/s1. The largest absolute Gasteiger partial charge is 0.489 e. The third-order valence-corrected chi connectivity index (χ3v) is 4.86. The molecule has 2 N–H and O–H groups in total. The topological polar surface area (TPSA) is 38.5 Å². The quantitative estimate of drug-likeness (QED) is 0.878. The van der Waals surface area contributed by atoms with Crippen LogP contribution in [0.4, 0.5) is 0 Å². The van der Waals surface area contributed by atoms with Crippen molar-refractivity contribution in [3.63, 3.8) is 0 Å². The lowest BCUT2D eigenvalue weighted by Gasteiger charge is -2.32. The minimum Gasteiger partial charge on any atom is -0.489 e. The Hall–Kier alpha value is -1.84. The van der Waals surface area contributed by atoms with Crippen molar-refractivity contribution < 1.29 is 4.74 Å². The summed E-state index contributed by atoms with van der Waals surface area (Å²) in [4.78, 5) is 2.55. The zero-order valence-electron chi connectivity index (χ0n) is 14.5. The lowest BCUT2D eigenvalue weighted by molar-refractivity contribution is 0.204. The van der Waals surface area contributed by atoms with Gasteiger partial charge in [0, 0.05) is 13.1 Å². The van der Waals surface area contributed by atoms with Gasteiger partial charge < -0.3 is 10.5 Å². The molecule has 0 aromatic heterocycles. The van der Waals surface area contributed by atoms with Gasteiger partial charge in [0.25, 0.3) is 0 Å². The number of benzene rings is 2. The van der Waals surface area contributed by atoms with Gasteiger partial charge in [-0.1, -0.05) is 42.5 Å². The Morgan fingerprint density at radius 3 is 2.33 bits per heavy atom. The fourth-order valence-electron chi connectivity index (χ4n) is 3.36. The zero-order valence-corrected chi connectivity index (χ0v) is 14.5. The SMILES string of the molecule is C[C@H](CN)Oc1ccc(CN2CCC(c3ccccc3)CC2)cc1. The van der Waals surface area contributed by atoms with Crippen LogP contribution in [0.15, 0.2) is 54.6 Å². The Bertz CT molecular complexity index is 603. The lowest BCUT2D eigenvalue weighted by atomic mass is 9.89. The second kappa shape index (κ2) is 8.32. The highest BCUT2D eigenvalue weighted by Gasteiger charge is 2.20. The van der Waals surface area contributed by atoms with Crippen molar-refractivity contribution in [1.82, 2.24) is 4.90 Å². The van der Waals surface area contributed by atoms with Crippen LogP contribution in [-0.4, -0.2) is 30.6 Å². The Labute approximate surface area is 145 Å². The summed E-state index contributed by atoms with van der Waals surface area (Å²) >= 11 is 0. The maximum absolute atomic E-state index is 5.73. The summed E-state index contributed by atoms with van der Waals surface area (Å²) in [6.45, 7) is 5.89. The number of likely N-dealkylation sites (tertiary alicyclic amines) is 1. The van der Waals surface area contributed by atoms with E-state index < -0.39 is 0 Å². The highest BCUT2D eigenvalue weighted by atomic mass is 16.5. The molecule has 3 heteroatoms. The van der Waals surface area contributed by atoms with Crippen LogP contribution in [-0.2, 0) is 6.54 Å². The molecule has 1 atom stereocenters. The molecule has 0 radical (unpaired) electrons. The second-order valence-corrected chi connectivity index (χ2v) is 6.77. The maximum atomic E-state index is 5.73. The minimum absolute atomic E-state index is 0.0628. The summed E-state index contributed by atoms with van der Waals surface area (Å²) in [5, 5.41) is 0. The van der Waals surface area contributed by atoms with Gasteiger partial charge in [0.15, 0.2) is 0 Å². The predicted molar refractivity (Wildman–Crippen MR) is 99.3 cm³/mol. The first-order valence-electron chi connectivity index (χ1n) is 8.97. The maximum Gasteiger partial charge on any atom is 0.119 e. The number of piperidine rings is 1. The third kappa shape index (κ3) is 4.59. The lowest BCUT2D eigenvalue weighted by Crippen LogP contribution is -2.32. The minimum atomic E-state index is 0.0628. The number of hydrogen-bond donors (Lipinski definition) is 1. The molecule has 24 heavy (non-hydrogen) atoms. The molecule has 3 nitrogen and oxygen atoms in total. The molecule has 1 aliphatic heterocycles. The smallest absolute Gasteiger partial charge is 0.119 e. The predicted octanol–water partition coefficient (Wildman–Crippen LogP) is 3.79. The van der Waals surface area contributed by atoms with E-state index in [1.54, 1.807) is 0 Å². The van der Waals surface area contributed by atoms with E-state index in [-0.39, 0.29) is 6.10 Å². The van der Waals surface area contributed by atoms with Gasteiger partial charge in [0.1, 0.15) is 11.9 Å². The average Bonchev–Trinajstić information content (AvgIpc) is 2.64. The molecule has 1 heterocycles. The Morgan fingerprint density at radius 2 is 1.71 bits per heavy atom. The van der Waals surface area contributed by atoms with E-state index in [4.69, 9.17) is 10.5 Å². The Kier molecular flexibility index (Phi) is 5.89. The molecule has 2 aromatic carbocycles. The van der Waals surface area contributed by atoms with Crippen molar-refractivity contribution in [2.45, 2.75) is 38.3 Å². The van der Waals surface area contributed by atoms with Gasteiger partial charge >= 0.3 is 0 Å². The van der Waals surface area contributed by atoms with Crippen LogP contribution in [0.3, 0.4) is 0 Å². The van der Waals surface area contributed by atoms with Gasteiger partial charge in [-0.05, 0) is 62.0 Å². The second-order valence-electron chi connectivity index (χ2n) is 6.77. The normalized spacial score (nSPS) is 17.6. The van der Waals surface area contributed by atoms with E-state index in [0.29, 0.717) is 6.54 Å². The molecular weight excluding hydrogens is 296 g/mol. The highest BCUT2D eigenvalue weighted by Crippen LogP contribution is 2.28. The number of ether oxygens (including phenoxy) is 1. The van der Waals surface area contributed by atoms with Crippen LogP contribution >= 0.6 is 0 Å². The van der Waals surface area contributed by atoms with Gasteiger partial charge in [-0.3, -0.25) is 4.90 Å². The summed E-state index contributed by atoms with van der Waals surface area (Å²) in [6.07, 6.45) is 2.56. The van der Waals surface area contributed by atoms with Crippen molar-refractivity contribution in [2.24, 2.45) is 5.73 Å². The molecule has 1 saturated heterocycles. The van der Waals surface area contributed by atoms with Crippen molar-refractivity contribution in [3.05, 3.63) is 65.7 Å². The number of rotatable bonds is 6. The van der Waals surface area contributed by atoms with Gasteiger partial charge in [-0.15, -0.1) is 0 Å². The van der Waals surface area contributed by atoms with Crippen LogP contribution in [0.25, 0.3) is 0 Å². The summed E-state index contributed by atoms with van der Waals surface area (Å²) in [5.41, 5.74) is 8.44. The summed E-state index contributed by atoms with van der Waals surface area (Å²) < 4.78 is 5.73. The van der Waals surface area contributed by atoms with Crippen LogP contribution in [0.2, 0.25) is 0 Å². The summed E-state index contributed by atoms with van der Waals surface area (Å²) in [7, 11) is 0. The highest BCUT2D eigenvalue weighted by molar-refractivity contribution is 5.27. The Balaban J connectivity index is 1.49. The first kappa shape index (κ1) is 17.0.